The molecule has 2 aromatic rings. The van der Waals surface area contributed by atoms with Crippen molar-refractivity contribution in [2.45, 2.75) is 25.2 Å². The maximum Gasteiger partial charge on any atom is 0.144 e. The molecule has 1 atom stereocenters. The van der Waals surface area contributed by atoms with Crippen LogP contribution in [-0.2, 0) is 17.6 Å². The second-order valence-corrected chi connectivity index (χ2v) is 4.92. The minimum absolute atomic E-state index is 0.112. The molecule has 3 rings (SSSR count). The summed E-state index contributed by atoms with van der Waals surface area (Å²) in [6, 6.07) is 18.4. The smallest absolute Gasteiger partial charge is 0.144 e. The first kappa shape index (κ1) is 11.2. The standard InChI is InChI=1S/C17H16O/c18-17(12-13-6-2-1-3-7-13)16-11-10-14-8-4-5-9-15(14)16/h1-9,16H,10-12H2. The summed E-state index contributed by atoms with van der Waals surface area (Å²) in [6.07, 6.45) is 2.58. The zero-order valence-electron chi connectivity index (χ0n) is 10.3. The molecule has 90 valence electrons. The molecular formula is C17H16O. The lowest BCUT2D eigenvalue weighted by Crippen LogP contribution is -2.12. The fourth-order valence-electron chi connectivity index (χ4n) is 2.81. The van der Waals surface area contributed by atoms with E-state index < -0.39 is 0 Å². The molecule has 2 aromatic carbocycles. The third-order valence-electron chi connectivity index (χ3n) is 3.74. The van der Waals surface area contributed by atoms with Crippen LogP contribution >= 0.6 is 0 Å². The number of hydrogen-bond donors (Lipinski definition) is 0. The van der Waals surface area contributed by atoms with Gasteiger partial charge in [0, 0.05) is 12.3 Å². The van der Waals surface area contributed by atoms with Gasteiger partial charge in [0.25, 0.3) is 0 Å². The Morgan fingerprint density at radius 2 is 1.72 bits per heavy atom. The molecule has 0 spiro atoms. The Morgan fingerprint density at radius 3 is 2.56 bits per heavy atom. The molecule has 1 heteroatoms. The molecule has 0 bridgehead atoms. The topological polar surface area (TPSA) is 17.1 Å². The maximum atomic E-state index is 12.4. The van der Waals surface area contributed by atoms with Gasteiger partial charge in [0.2, 0.25) is 0 Å². The van der Waals surface area contributed by atoms with Crippen molar-refractivity contribution in [3.63, 3.8) is 0 Å². The Bertz CT molecular complexity index is 557. The first-order valence-electron chi connectivity index (χ1n) is 6.49. The van der Waals surface area contributed by atoms with Crippen molar-refractivity contribution in [1.29, 1.82) is 0 Å². The molecule has 0 aromatic heterocycles. The summed E-state index contributed by atoms with van der Waals surface area (Å²) >= 11 is 0. The summed E-state index contributed by atoms with van der Waals surface area (Å²) in [5, 5.41) is 0. The van der Waals surface area contributed by atoms with Gasteiger partial charge in [0.05, 0.1) is 0 Å². The summed E-state index contributed by atoms with van der Waals surface area (Å²) < 4.78 is 0. The van der Waals surface area contributed by atoms with E-state index in [0.29, 0.717) is 12.2 Å². The van der Waals surface area contributed by atoms with Crippen LogP contribution in [0, 0.1) is 0 Å². The van der Waals surface area contributed by atoms with Crippen molar-refractivity contribution in [3.8, 4) is 0 Å². The van der Waals surface area contributed by atoms with E-state index in [1.165, 1.54) is 11.1 Å². The number of carbonyl (C=O) groups is 1. The van der Waals surface area contributed by atoms with E-state index >= 15 is 0 Å². The van der Waals surface area contributed by atoms with Gasteiger partial charge < -0.3 is 0 Å². The van der Waals surface area contributed by atoms with Crippen LogP contribution in [0.4, 0.5) is 0 Å². The molecule has 1 aliphatic carbocycles. The van der Waals surface area contributed by atoms with Gasteiger partial charge in [0.15, 0.2) is 0 Å². The number of ketones is 1. The third-order valence-corrected chi connectivity index (χ3v) is 3.74. The lowest BCUT2D eigenvalue weighted by atomic mass is 9.93. The van der Waals surface area contributed by atoms with Crippen LogP contribution in [0.15, 0.2) is 54.6 Å². The Kier molecular flexibility index (Phi) is 2.97. The van der Waals surface area contributed by atoms with Gasteiger partial charge in [-0.1, -0.05) is 54.6 Å². The van der Waals surface area contributed by atoms with Gasteiger partial charge in [-0.25, -0.2) is 0 Å². The number of hydrogen-bond acceptors (Lipinski definition) is 1. The van der Waals surface area contributed by atoms with Crippen molar-refractivity contribution in [2.24, 2.45) is 0 Å². The fraction of sp³-hybridized carbons (Fsp3) is 0.235. The van der Waals surface area contributed by atoms with Crippen molar-refractivity contribution < 1.29 is 4.79 Å². The highest BCUT2D eigenvalue weighted by Gasteiger charge is 2.27. The van der Waals surface area contributed by atoms with Crippen LogP contribution in [0.1, 0.15) is 29.0 Å². The summed E-state index contributed by atoms with van der Waals surface area (Å²) in [4.78, 5) is 12.4. The highest BCUT2D eigenvalue weighted by atomic mass is 16.1. The van der Waals surface area contributed by atoms with Crippen LogP contribution < -0.4 is 0 Å². The average molecular weight is 236 g/mol. The highest BCUT2D eigenvalue weighted by Crippen LogP contribution is 2.34. The zero-order valence-corrected chi connectivity index (χ0v) is 10.3. The number of fused-ring (bicyclic) bond motifs is 1. The Morgan fingerprint density at radius 1 is 1.00 bits per heavy atom. The van der Waals surface area contributed by atoms with Crippen molar-refractivity contribution in [1.82, 2.24) is 0 Å². The van der Waals surface area contributed by atoms with Crippen molar-refractivity contribution in [2.75, 3.05) is 0 Å². The van der Waals surface area contributed by atoms with Gasteiger partial charge in [-0.15, -0.1) is 0 Å². The molecule has 0 N–H and O–H groups in total. The molecule has 1 nitrogen and oxygen atoms in total. The van der Waals surface area contributed by atoms with Crippen LogP contribution in [0.2, 0.25) is 0 Å². The van der Waals surface area contributed by atoms with Gasteiger partial charge in [-0.05, 0) is 29.5 Å². The van der Waals surface area contributed by atoms with Crippen LogP contribution in [0.3, 0.4) is 0 Å². The lowest BCUT2D eigenvalue weighted by Gasteiger charge is -2.10. The number of aryl methyl sites for hydroxylation is 1. The molecular weight excluding hydrogens is 220 g/mol. The van der Waals surface area contributed by atoms with Gasteiger partial charge in [0.1, 0.15) is 5.78 Å². The predicted octanol–water partition coefficient (Wildman–Crippen LogP) is 3.53. The molecule has 0 heterocycles. The first-order chi connectivity index (χ1) is 8.84. The minimum atomic E-state index is 0.112. The average Bonchev–Trinajstić information content (AvgIpc) is 2.84. The second kappa shape index (κ2) is 4.77. The Hall–Kier alpha value is -1.89. The number of carbonyl (C=O) groups excluding carboxylic acids is 1. The molecule has 18 heavy (non-hydrogen) atoms. The third kappa shape index (κ3) is 2.08. The molecule has 0 amide bonds. The monoisotopic (exact) mass is 236 g/mol. The molecule has 1 unspecified atom stereocenters. The van der Waals surface area contributed by atoms with Gasteiger partial charge >= 0.3 is 0 Å². The van der Waals surface area contributed by atoms with Gasteiger partial charge in [-0.3, -0.25) is 4.79 Å². The second-order valence-electron chi connectivity index (χ2n) is 4.92. The van der Waals surface area contributed by atoms with E-state index in [-0.39, 0.29) is 5.92 Å². The van der Waals surface area contributed by atoms with Crippen LogP contribution in [0.5, 0.6) is 0 Å². The van der Waals surface area contributed by atoms with Crippen molar-refractivity contribution in [3.05, 3.63) is 71.3 Å². The molecule has 0 fully saturated rings. The first-order valence-corrected chi connectivity index (χ1v) is 6.49. The minimum Gasteiger partial charge on any atom is -0.299 e. The number of rotatable bonds is 3. The summed E-state index contributed by atoms with van der Waals surface area (Å²) in [5.41, 5.74) is 3.72. The summed E-state index contributed by atoms with van der Waals surface area (Å²) in [7, 11) is 0. The normalized spacial score (nSPS) is 17.4. The largest absolute Gasteiger partial charge is 0.299 e. The quantitative estimate of drug-likeness (QED) is 0.796. The molecule has 0 aliphatic heterocycles. The molecule has 0 radical (unpaired) electrons. The summed E-state index contributed by atoms with van der Waals surface area (Å²) in [6.45, 7) is 0. The van der Waals surface area contributed by atoms with E-state index in [0.717, 1.165) is 18.4 Å². The highest BCUT2D eigenvalue weighted by molar-refractivity contribution is 5.88. The Labute approximate surface area is 107 Å². The van der Waals surface area contributed by atoms with Crippen LogP contribution in [-0.4, -0.2) is 5.78 Å². The zero-order chi connectivity index (χ0) is 12.4. The fourth-order valence-corrected chi connectivity index (χ4v) is 2.81. The van der Waals surface area contributed by atoms with Crippen molar-refractivity contribution >= 4 is 5.78 Å². The predicted molar refractivity (Wildman–Crippen MR) is 72.7 cm³/mol. The lowest BCUT2D eigenvalue weighted by molar-refractivity contribution is -0.119. The van der Waals surface area contributed by atoms with E-state index in [2.05, 4.69) is 18.2 Å². The van der Waals surface area contributed by atoms with Crippen LogP contribution in [0.25, 0.3) is 0 Å². The SMILES string of the molecule is O=C(Cc1ccccc1)C1CCc2ccccc21. The van der Waals surface area contributed by atoms with E-state index in [9.17, 15) is 4.79 Å². The van der Waals surface area contributed by atoms with E-state index in [4.69, 9.17) is 0 Å². The summed E-state index contributed by atoms with van der Waals surface area (Å²) in [5.74, 6) is 0.465. The van der Waals surface area contributed by atoms with E-state index in [1.807, 2.05) is 36.4 Å². The number of Topliss-reactive ketones (excluding diaryl/α,β-unsaturated/α-hetero) is 1. The van der Waals surface area contributed by atoms with E-state index in [1.54, 1.807) is 0 Å². The number of benzene rings is 2. The molecule has 0 saturated carbocycles. The Balaban J connectivity index is 1.79. The molecule has 1 aliphatic rings. The van der Waals surface area contributed by atoms with Gasteiger partial charge in [-0.2, -0.15) is 0 Å². The molecule has 0 saturated heterocycles. The maximum absolute atomic E-state index is 12.4.